The van der Waals surface area contributed by atoms with E-state index in [-0.39, 0.29) is 17.9 Å². The van der Waals surface area contributed by atoms with E-state index in [1.165, 1.54) is 0 Å². The van der Waals surface area contributed by atoms with Crippen LogP contribution in [0, 0.1) is 0 Å². The molecule has 0 aliphatic carbocycles. The Labute approximate surface area is 153 Å². The first-order valence-electron chi connectivity index (χ1n) is 8.76. The van der Waals surface area contributed by atoms with Gasteiger partial charge < -0.3 is 19.9 Å². The molecule has 7 heteroatoms. The van der Waals surface area contributed by atoms with Gasteiger partial charge in [0.2, 0.25) is 5.91 Å². The number of nitrogens with one attached hydrogen (secondary N) is 1. The molecule has 1 aromatic rings. The van der Waals surface area contributed by atoms with Crippen LogP contribution in [0.25, 0.3) is 0 Å². The van der Waals surface area contributed by atoms with E-state index < -0.39 is 6.10 Å². The van der Waals surface area contributed by atoms with Gasteiger partial charge in [0, 0.05) is 37.2 Å². The monoisotopic (exact) mass is 365 g/mol. The Bertz CT molecular complexity index is 640. The van der Waals surface area contributed by atoms with Gasteiger partial charge in [-0.15, -0.1) is 0 Å². The number of halogens is 1. The molecule has 1 aromatic carbocycles. The van der Waals surface area contributed by atoms with E-state index in [4.69, 9.17) is 16.3 Å². The smallest absolute Gasteiger partial charge is 0.263 e. The Balaban J connectivity index is 1.60. The Kier molecular flexibility index (Phi) is 5.81. The van der Waals surface area contributed by atoms with Crippen LogP contribution in [0.4, 0.5) is 0 Å². The quantitative estimate of drug-likeness (QED) is 0.879. The van der Waals surface area contributed by atoms with Crippen LogP contribution in [-0.4, -0.2) is 66.5 Å². The van der Waals surface area contributed by atoms with E-state index in [0.717, 1.165) is 19.4 Å². The summed E-state index contributed by atoms with van der Waals surface area (Å²) in [7, 11) is 0. The van der Waals surface area contributed by atoms with Crippen LogP contribution < -0.4 is 10.1 Å². The molecule has 0 saturated carbocycles. The van der Waals surface area contributed by atoms with Crippen molar-refractivity contribution in [3.8, 4) is 5.75 Å². The van der Waals surface area contributed by atoms with Gasteiger partial charge in [-0.2, -0.15) is 0 Å². The second-order valence-corrected chi connectivity index (χ2v) is 7.00. The molecule has 2 fully saturated rings. The van der Waals surface area contributed by atoms with Crippen LogP contribution in [0.3, 0.4) is 0 Å². The van der Waals surface area contributed by atoms with E-state index in [1.54, 1.807) is 31.2 Å². The molecule has 3 rings (SSSR count). The third-order valence-corrected chi connectivity index (χ3v) is 4.97. The molecule has 2 aliphatic rings. The summed E-state index contributed by atoms with van der Waals surface area (Å²) in [5.41, 5.74) is 0. The fourth-order valence-corrected chi connectivity index (χ4v) is 3.65. The Morgan fingerprint density at radius 1 is 1.40 bits per heavy atom. The second-order valence-electron chi connectivity index (χ2n) is 6.56. The van der Waals surface area contributed by atoms with Crippen LogP contribution in [0.15, 0.2) is 24.3 Å². The number of nitrogens with zero attached hydrogens (tertiary/aromatic N) is 2. The highest BCUT2D eigenvalue weighted by atomic mass is 35.5. The van der Waals surface area contributed by atoms with Gasteiger partial charge in [-0.25, -0.2) is 0 Å². The Morgan fingerprint density at radius 3 is 3.00 bits per heavy atom. The maximum Gasteiger partial charge on any atom is 0.263 e. The van der Waals surface area contributed by atoms with Crippen LogP contribution in [0.1, 0.15) is 19.8 Å². The summed E-state index contributed by atoms with van der Waals surface area (Å²) in [6.07, 6.45) is 1.26. The zero-order chi connectivity index (χ0) is 17.8. The number of piperidine rings is 1. The van der Waals surface area contributed by atoms with Gasteiger partial charge >= 0.3 is 0 Å². The van der Waals surface area contributed by atoms with Crippen molar-refractivity contribution in [2.45, 2.75) is 31.9 Å². The minimum absolute atomic E-state index is 0.0488. The minimum Gasteiger partial charge on any atom is -0.481 e. The number of carbonyl (C=O) groups excluding carboxylic acids is 2. The number of amides is 2. The predicted octanol–water partition coefficient (Wildman–Crippen LogP) is 1.53. The molecule has 0 spiro atoms. The topological polar surface area (TPSA) is 61.9 Å². The van der Waals surface area contributed by atoms with Crippen LogP contribution in [0.2, 0.25) is 5.02 Å². The summed E-state index contributed by atoms with van der Waals surface area (Å²) in [6.45, 7) is 4.94. The molecule has 136 valence electrons. The molecule has 2 aliphatic heterocycles. The lowest BCUT2D eigenvalue weighted by molar-refractivity contribution is -0.144. The average Bonchev–Trinajstić information content (AvgIpc) is 2.61. The lowest BCUT2D eigenvalue weighted by Crippen LogP contribution is -2.58. The zero-order valence-corrected chi connectivity index (χ0v) is 15.2. The lowest BCUT2D eigenvalue weighted by Gasteiger charge is -2.41. The molecule has 0 radical (unpaired) electrons. The zero-order valence-electron chi connectivity index (χ0n) is 14.4. The van der Waals surface area contributed by atoms with Crippen LogP contribution in [-0.2, 0) is 9.59 Å². The number of ether oxygens (including phenoxy) is 1. The minimum atomic E-state index is -0.587. The second kappa shape index (κ2) is 8.06. The van der Waals surface area contributed by atoms with Crippen molar-refractivity contribution in [2.75, 3.05) is 32.7 Å². The number of benzene rings is 1. The maximum atomic E-state index is 12.7. The van der Waals surface area contributed by atoms with Gasteiger partial charge in [0.15, 0.2) is 6.10 Å². The fourth-order valence-electron chi connectivity index (χ4n) is 3.47. The summed E-state index contributed by atoms with van der Waals surface area (Å²) >= 11 is 5.96. The summed E-state index contributed by atoms with van der Waals surface area (Å²) in [5, 5.41) is 3.66. The normalized spacial score (nSPS) is 22.6. The molecule has 2 heterocycles. The number of hydrogen-bond donors (Lipinski definition) is 1. The molecule has 0 aromatic heterocycles. The van der Waals surface area contributed by atoms with Crippen molar-refractivity contribution in [1.29, 1.82) is 0 Å². The lowest BCUT2D eigenvalue weighted by atomic mass is 10.0. The molecule has 2 atom stereocenters. The van der Waals surface area contributed by atoms with Crippen molar-refractivity contribution >= 4 is 23.4 Å². The molecule has 2 unspecified atom stereocenters. The molecule has 6 nitrogen and oxygen atoms in total. The molecule has 1 N–H and O–H groups in total. The average molecular weight is 366 g/mol. The highest BCUT2D eigenvalue weighted by molar-refractivity contribution is 6.30. The van der Waals surface area contributed by atoms with Crippen molar-refractivity contribution in [3.63, 3.8) is 0 Å². The fraction of sp³-hybridized carbons (Fsp3) is 0.556. The Morgan fingerprint density at radius 2 is 2.24 bits per heavy atom. The highest BCUT2D eigenvalue weighted by Gasteiger charge is 2.33. The largest absolute Gasteiger partial charge is 0.481 e. The highest BCUT2D eigenvalue weighted by Crippen LogP contribution is 2.21. The molecule has 2 saturated heterocycles. The van der Waals surface area contributed by atoms with E-state index in [1.807, 2.05) is 9.80 Å². The van der Waals surface area contributed by atoms with Crippen molar-refractivity contribution in [2.24, 2.45) is 0 Å². The third kappa shape index (κ3) is 4.44. The van der Waals surface area contributed by atoms with Crippen LogP contribution >= 0.6 is 11.6 Å². The van der Waals surface area contributed by atoms with Gasteiger partial charge in [-0.05, 0) is 38.0 Å². The van der Waals surface area contributed by atoms with Gasteiger partial charge in [0.25, 0.3) is 5.91 Å². The summed E-state index contributed by atoms with van der Waals surface area (Å²) in [6, 6.07) is 7.14. The number of piperazine rings is 1. The van der Waals surface area contributed by atoms with E-state index >= 15 is 0 Å². The number of hydrogen-bond acceptors (Lipinski definition) is 4. The summed E-state index contributed by atoms with van der Waals surface area (Å²) in [4.78, 5) is 28.6. The van der Waals surface area contributed by atoms with Gasteiger partial charge in [0.05, 0.1) is 6.54 Å². The van der Waals surface area contributed by atoms with Crippen LogP contribution in [0.5, 0.6) is 5.75 Å². The van der Waals surface area contributed by atoms with Crippen molar-refractivity contribution in [1.82, 2.24) is 15.1 Å². The Hall–Kier alpha value is -1.79. The van der Waals surface area contributed by atoms with E-state index in [0.29, 0.717) is 37.0 Å². The van der Waals surface area contributed by atoms with Gasteiger partial charge in [-0.1, -0.05) is 17.7 Å². The number of rotatable bonds is 4. The van der Waals surface area contributed by atoms with E-state index in [9.17, 15) is 9.59 Å². The summed E-state index contributed by atoms with van der Waals surface area (Å²) < 4.78 is 5.75. The van der Waals surface area contributed by atoms with Gasteiger partial charge in [-0.3, -0.25) is 9.59 Å². The molecule has 0 bridgehead atoms. The number of likely N-dealkylation sites (tertiary alicyclic amines) is 1. The molecular formula is C18H24ClN3O3. The molecule has 25 heavy (non-hydrogen) atoms. The van der Waals surface area contributed by atoms with E-state index in [2.05, 4.69) is 5.32 Å². The first kappa shape index (κ1) is 18.0. The maximum absolute atomic E-state index is 12.7. The third-order valence-electron chi connectivity index (χ3n) is 4.73. The summed E-state index contributed by atoms with van der Waals surface area (Å²) in [5.74, 6) is 0.653. The molecule has 2 amide bonds. The van der Waals surface area contributed by atoms with Crippen molar-refractivity contribution in [3.05, 3.63) is 29.3 Å². The first-order valence-corrected chi connectivity index (χ1v) is 9.13. The molecular weight excluding hydrogens is 342 g/mol. The van der Waals surface area contributed by atoms with Crippen molar-refractivity contribution < 1.29 is 14.3 Å². The number of carbonyl (C=O) groups is 2. The van der Waals surface area contributed by atoms with Gasteiger partial charge in [0.1, 0.15) is 5.75 Å². The predicted molar refractivity (Wildman–Crippen MR) is 95.7 cm³/mol. The standard InChI is InChI=1S/C18H24ClN3O3/c1-13(25-16-6-2-4-14(19)10-16)18(24)21-8-3-5-15(12-21)22-9-7-20-11-17(22)23/h2,4,6,10,13,15,20H,3,5,7-9,11-12H2,1H3. The first-order chi connectivity index (χ1) is 12.0. The SMILES string of the molecule is CC(Oc1cccc(Cl)c1)C(=O)N1CCCC(N2CCNCC2=O)C1.